The van der Waals surface area contributed by atoms with Gasteiger partial charge in [0, 0.05) is 11.3 Å². The average molecular weight is 549 g/mol. The van der Waals surface area contributed by atoms with Crippen LogP contribution >= 0.6 is 0 Å². The highest BCUT2D eigenvalue weighted by Gasteiger charge is 2.55. The quantitative estimate of drug-likeness (QED) is 0.358. The van der Waals surface area contributed by atoms with Gasteiger partial charge >= 0.3 is 0 Å². The molecule has 0 aliphatic heterocycles. The minimum atomic E-state index is 0.141. The first-order valence-electron chi connectivity index (χ1n) is 16.9. The summed E-state index contributed by atoms with van der Waals surface area (Å²) in [7, 11) is 0. The maximum Gasteiger partial charge on any atom is 0.0199 e. The third kappa shape index (κ3) is 4.71. The first kappa shape index (κ1) is 29.0. The summed E-state index contributed by atoms with van der Waals surface area (Å²) in [5, 5.41) is 0. The fourth-order valence-electron chi connectivity index (χ4n) is 9.11. The zero-order valence-corrected chi connectivity index (χ0v) is 27.9. The molecule has 0 aromatic heterocycles. The van der Waals surface area contributed by atoms with Gasteiger partial charge in [-0.2, -0.15) is 0 Å². The molecule has 0 saturated heterocycles. The molecule has 1 saturated carbocycles. The Morgan fingerprint density at radius 3 is 1.71 bits per heavy atom. The Labute approximate surface area is 252 Å². The van der Waals surface area contributed by atoms with Gasteiger partial charge < -0.3 is 0 Å². The smallest absolute Gasteiger partial charge is 0.0199 e. The van der Waals surface area contributed by atoms with Crippen molar-refractivity contribution in [3.8, 4) is 11.1 Å². The Kier molecular flexibility index (Phi) is 6.88. The lowest BCUT2D eigenvalue weighted by Gasteiger charge is -2.41. The van der Waals surface area contributed by atoms with E-state index in [4.69, 9.17) is 0 Å². The van der Waals surface area contributed by atoms with Gasteiger partial charge in [0.1, 0.15) is 0 Å². The third-order valence-electron chi connectivity index (χ3n) is 11.7. The second-order valence-corrected chi connectivity index (χ2v) is 17.3. The van der Waals surface area contributed by atoms with E-state index in [0.29, 0.717) is 5.92 Å². The summed E-state index contributed by atoms with van der Waals surface area (Å²) in [5.74, 6) is 2.05. The van der Waals surface area contributed by atoms with Crippen LogP contribution in [0.3, 0.4) is 0 Å². The van der Waals surface area contributed by atoms with Crippen LogP contribution in [0.5, 0.6) is 0 Å². The van der Waals surface area contributed by atoms with Gasteiger partial charge in [0.05, 0.1) is 0 Å². The van der Waals surface area contributed by atoms with E-state index in [2.05, 4.69) is 112 Å². The standard InChI is InChI=1S/C41H56/c1-11-41(25-35(26-15-13-12-14-16-26)32-23-29(24-36(32)41)40(8,9)10)37-33-21-27(38(2,3)4)17-19-30(33)31-20-18-28(22-34(31)37)39(5,6)7/h17-22,24,26,35,37H,11-16,23,25H2,1-10H3. The topological polar surface area (TPSA) is 0 Å². The van der Waals surface area contributed by atoms with Crippen molar-refractivity contribution in [2.45, 2.75) is 137 Å². The van der Waals surface area contributed by atoms with E-state index in [-0.39, 0.29) is 21.7 Å². The summed E-state index contributed by atoms with van der Waals surface area (Å²) in [6.45, 7) is 24.1. The van der Waals surface area contributed by atoms with Crippen LogP contribution in [0.4, 0.5) is 0 Å². The lowest BCUT2D eigenvalue weighted by molar-refractivity contribution is 0.205. The number of rotatable bonds is 3. The molecule has 2 aromatic carbocycles. The summed E-state index contributed by atoms with van der Waals surface area (Å²) < 4.78 is 0. The third-order valence-corrected chi connectivity index (χ3v) is 11.7. The predicted octanol–water partition coefficient (Wildman–Crippen LogP) is 12.1. The molecule has 0 nitrogen and oxygen atoms in total. The van der Waals surface area contributed by atoms with Crippen LogP contribution in [0.1, 0.15) is 149 Å². The lowest BCUT2D eigenvalue weighted by atomic mass is 9.62. The SMILES string of the molecule is CCC1(C2c3cc(C(C)(C)C)ccc3-c3ccc(C(C)(C)C)cc32)CC(C2CCCCC2)C2=C1C=C(C(C)(C)C)C2. The van der Waals surface area contributed by atoms with E-state index in [1.165, 1.54) is 73.6 Å². The molecular formula is C41H56. The van der Waals surface area contributed by atoms with Crippen molar-refractivity contribution >= 4 is 0 Å². The van der Waals surface area contributed by atoms with Crippen molar-refractivity contribution in [2.24, 2.45) is 22.7 Å². The van der Waals surface area contributed by atoms with E-state index in [0.717, 1.165) is 11.8 Å². The molecule has 1 fully saturated rings. The number of hydrogen-bond acceptors (Lipinski definition) is 0. The Balaban J connectivity index is 1.59. The Morgan fingerprint density at radius 1 is 0.707 bits per heavy atom. The van der Waals surface area contributed by atoms with Crippen LogP contribution in [0.15, 0.2) is 59.2 Å². The van der Waals surface area contributed by atoms with Crippen LogP contribution in [0.25, 0.3) is 11.1 Å². The van der Waals surface area contributed by atoms with Gasteiger partial charge in [0.2, 0.25) is 0 Å². The number of allylic oxidation sites excluding steroid dienone is 4. The molecule has 220 valence electrons. The van der Waals surface area contributed by atoms with Crippen LogP contribution in [0.2, 0.25) is 0 Å². The molecule has 0 bridgehead atoms. The van der Waals surface area contributed by atoms with Gasteiger partial charge in [-0.1, -0.05) is 142 Å². The zero-order valence-electron chi connectivity index (χ0n) is 27.9. The van der Waals surface area contributed by atoms with Crippen molar-refractivity contribution < 1.29 is 0 Å². The normalized spacial score (nSPS) is 25.4. The van der Waals surface area contributed by atoms with E-state index >= 15 is 0 Å². The second kappa shape index (κ2) is 9.72. The highest BCUT2D eigenvalue weighted by molar-refractivity contribution is 5.81. The van der Waals surface area contributed by atoms with Crippen LogP contribution in [-0.2, 0) is 10.8 Å². The summed E-state index contributed by atoms with van der Waals surface area (Å²) >= 11 is 0. The molecule has 2 atom stereocenters. The van der Waals surface area contributed by atoms with Crippen molar-refractivity contribution in [2.75, 3.05) is 0 Å². The average Bonchev–Trinajstić information content (AvgIpc) is 3.57. The maximum atomic E-state index is 2.74. The molecule has 2 unspecified atom stereocenters. The molecule has 6 rings (SSSR count). The van der Waals surface area contributed by atoms with Gasteiger partial charge in [-0.15, -0.1) is 0 Å². The van der Waals surface area contributed by atoms with Crippen LogP contribution < -0.4 is 0 Å². The lowest BCUT2D eigenvalue weighted by Crippen LogP contribution is -2.31. The maximum absolute atomic E-state index is 2.74. The molecular weight excluding hydrogens is 492 g/mol. The van der Waals surface area contributed by atoms with E-state index in [1.807, 2.05) is 5.57 Å². The molecule has 0 N–H and O–H groups in total. The Bertz CT molecular complexity index is 1340. The van der Waals surface area contributed by atoms with Crippen molar-refractivity contribution in [1.29, 1.82) is 0 Å². The largest absolute Gasteiger partial charge is 0.0645 e. The van der Waals surface area contributed by atoms with Crippen LogP contribution in [-0.4, -0.2) is 0 Å². The molecule has 4 aliphatic rings. The summed E-state index contributed by atoms with van der Waals surface area (Å²) in [5.41, 5.74) is 15.1. The second-order valence-electron chi connectivity index (χ2n) is 17.3. The van der Waals surface area contributed by atoms with Gasteiger partial charge in [-0.3, -0.25) is 0 Å². The van der Waals surface area contributed by atoms with Gasteiger partial charge in [0.15, 0.2) is 0 Å². The number of hydrogen-bond donors (Lipinski definition) is 0. The highest BCUT2D eigenvalue weighted by atomic mass is 14.6. The summed E-state index contributed by atoms with van der Waals surface area (Å²) in [4.78, 5) is 0. The first-order chi connectivity index (χ1) is 19.1. The van der Waals surface area contributed by atoms with Crippen molar-refractivity contribution in [1.82, 2.24) is 0 Å². The fourth-order valence-corrected chi connectivity index (χ4v) is 9.11. The Morgan fingerprint density at radius 2 is 1.24 bits per heavy atom. The van der Waals surface area contributed by atoms with E-state index < -0.39 is 0 Å². The number of fused-ring (bicyclic) bond motifs is 3. The minimum absolute atomic E-state index is 0.141. The van der Waals surface area contributed by atoms with Gasteiger partial charge in [-0.25, -0.2) is 0 Å². The van der Waals surface area contributed by atoms with E-state index in [9.17, 15) is 0 Å². The summed E-state index contributed by atoms with van der Waals surface area (Å²) in [6, 6.07) is 15.0. The monoisotopic (exact) mass is 548 g/mol. The Hall–Kier alpha value is -2.08. The molecule has 0 radical (unpaired) electrons. The molecule has 0 heterocycles. The van der Waals surface area contributed by atoms with Crippen molar-refractivity contribution in [3.05, 3.63) is 81.4 Å². The summed E-state index contributed by atoms with van der Waals surface area (Å²) in [6.07, 6.45) is 13.7. The van der Waals surface area contributed by atoms with Gasteiger partial charge in [-0.05, 0) is 99.1 Å². The van der Waals surface area contributed by atoms with Crippen molar-refractivity contribution in [3.63, 3.8) is 0 Å². The highest BCUT2D eigenvalue weighted by Crippen LogP contribution is 2.67. The zero-order chi connectivity index (χ0) is 29.5. The van der Waals surface area contributed by atoms with E-state index in [1.54, 1.807) is 22.3 Å². The first-order valence-corrected chi connectivity index (χ1v) is 16.9. The molecule has 4 aliphatic carbocycles. The molecule has 0 spiro atoms. The predicted molar refractivity (Wildman–Crippen MR) is 178 cm³/mol. The molecule has 2 aromatic rings. The minimum Gasteiger partial charge on any atom is -0.0645 e. The molecule has 0 heteroatoms. The molecule has 0 amide bonds. The van der Waals surface area contributed by atoms with Crippen LogP contribution in [0, 0.1) is 22.7 Å². The molecule has 41 heavy (non-hydrogen) atoms. The number of benzene rings is 2. The fraction of sp³-hybridized carbons (Fsp3) is 0.610. The van der Waals surface area contributed by atoms with Gasteiger partial charge in [0.25, 0.3) is 0 Å².